The third kappa shape index (κ3) is 3.42. The van der Waals surface area contributed by atoms with Gasteiger partial charge >= 0.3 is 0 Å². The fraction of sp³-hybridized carbons (Fsp3) is 0. The van der Waals surface area contributed by atoms with Gasteiger partial charge in [-0.1, -0.05) is 91.0 Å². The Morgan fingerprint density at radius 3 is 1.73 bits per heavy atom. The van der Waals surface area contributed by atoms with Gasteiger partial charge in [-0.2, -0.15) is 0 Å². The van der Waals surface area contributed by atoms with Crippen LogP contribution in [-0.2, 0) is 0 Å². The van der Waals surface area contributed by atoms with Gasteiger partial charge in [-0.25, -0.2) is 9.97 Å². The monoisotopic (exact) mass is 611 g/mol. The molecule has 5 aromatic heterocycles. The summed E-state index contributed by atoms with van der Waals surface area (Å²) in [6.45, 7) is 0. The van der Waals surface area contributed by atoms with E-state index >= 15 is 0 Å². The van der Waals surface area contributed by atoms with Crippen molar-refractivity contribution in [3.63, 3.8) is 0 Å². The van der Waals surface area contributed by atoms with Crippen LogP contribution in [0.1, 0.15) is 0 Å². The molecule has 5 nitrogen and oxygen atoms in total. The van der Waals surface area contributed by atoms with E-state index in [0.29, 0.717) is 5.95 Å². The molecule has 5 heteroatoms. The highest BCUT2D eigenvalue weighted by atomic mass is 15.2. The summed E-state index contributed by atoms with van der Waals surface area (Å²) < 4.78 is 4.64. The van der Waals surface area contributed by atoms with Crippen molar-refractivity contribution in [1.82, 2.24) is 23.9 Å². The molecule has 0 atom stereocenters. The molecular formula is C43H25N5. The number of fused-ring (bicyclic) bond motifs is 10. The summed E-state index contributed by atoms with van der Waals surface area (Å²) in [5.74, 6) is 0.628. The summed E-state index contributed by atoms with van der Waals surface area (Å²) in [6, 6.07) is 51.7. The average Bonchev–Trinajstić information content (AvgIpc) is 3.79. The van der Waals surface area contributed by atoms with Crippen LogP contribution < -0.4 is 0 Å². The van der Waals surface area contributed by atoms with Crippen molar-refractivity contribution in [3.8, 4) is 28.5 Å². The molecule has 0 amide bonds. The number of rotatable bonds is 3. The van der Waals surface area contributed by atoms with Crippen LogP contribution in [0.15, 0.2) is 152 Å². The number of aromatic nitrogens is 5. The predicted molar refractivity (Wildman–Crippen MR) is 197 cm³/mol. The maximum Gasteiger partial charge on any atom is 0.235 e. The second kappa shape index (κ2) is 9.47. The van der Waals surface area contributed by atoms with Crippen molar-refractivity contribution in [2.45, 2.75) is 0 Å². The van der Waals surface area contributed by atoms with Gasteiger partial charge in [0.1, 0.15) is 5.69 Å². The lowest BCUT2D eigenvalue weighted by atomic mass is 9.98. The van der Waals surface area contributed by atoms with E-state index in [2.05, 4.69) is 129 Å². The summed E-state index contributed by atoms with van der Waals surface area (Å²) >= 11 is 0. The number of nitrogens with zero attached hydrogens (tertiary/aromatic N) is 5. The zero-order valence-electron chi connectivity index (χ0n) is 25.7. The molecule has 0 aliphatic rings. The summed E-state index contributed by atoms with van der Waals surface area (Å²) in [5, 5.41) is 8.39. The van der Waals surface area contributed by atoms with Crippen LogP contribution in [0.5, 0.6) is 0 Å². The van der Waals surface area contributed by atoms with Gasteiger partial charge in [-0.05, 0) is 65.7 Å². The average molecular weight is 612 g/mol. The van der Waals surface area contributed by atoms with E-state index in [-0.39, 0.29) is 0 Å². The van der Waals surface area contributed by atoms with Gasteiger partial charge in [0.2, 0.25) is 5.95 Å². The van der Waals surface area contributed by atoms with Crippen LogP contribution in [0.2, 0.25) is 0 Å². The molecule has 0 saturated carbocycles. The molecule has 6 aromatic carbocycles. The van der Waals surface area contributed by atoms with Gasteiger partial charge in [0.05, 0.1) is 38.8 Å². The molecule has 48 heavy (non-hydrogen) atoms. The summed E-state index contributed by atoms with van der Waals surface area (Å²) in [4.78, 5) is 15.1. The Hall–Kier alpha value is -6.59. The highest BCUT2D eigenvalue weighted by Crippen LogP contribution is 2.42. The van der Waals surface area contributed by atoms with Crippen LogP contribution in [0.25, 0.3) is 99.3 Å². The first kappa shape index (κ1) is 25.6. The predicted octanol–water partition coefficient (Wildman–Crippen LogP) is 10.6. The summed E-state index contributed by atoms with van der Waals surface area (Å²) in [7, 11) is 0. The van der Waals surface area contributed by atoms with Crippen LogP contribution in [-0.4, -0.2) is 23.9 Å². The third-order valence-electron chi connectivity index (χ3n) is 9.91. The van der Waals surface area contributed by atoms with E-state index in [1.807, 2.05) is 36.5 Å². The molecule has 0 bridgehead atoms. The molecule has 222 valence electrons. The van der Waals surface area contributed by atoms with Crippen molar-refractivity contribution in [3.05, 3.63) is 152 Å². The first-order valence-electron chi connectivity index (χ1n) is 16.2. The van der Waals surface area contributed by atoms with Crippen molar-refractivity contribution in [1.29, 1.82) is 0 Å². The summed E-state index contributed by atoms with van der Waals surface area (Å²) in [5.41, 5.74) is 10.8. The Morgan fingerprint density at radius 1 is 0.417 bits per heavy atom. The standard InChI is InChI=1S/C43H25N5/c1-5-15-35-32(14-1)41(36-16-9-10-22-44-36)46-43(45-35)48-39-19-8-2-11-28(39)31-21-20-26(25-40(31)48)27-23-33-29-12-3-6-17-37(29)47-38-18-7-4-13-30(38)34(24-27)42(33)47/h1-25H. The Bertz CT molecular complexity index is 2980. The fourth-order valence-electron chi connectivity index (χ4n) is 7.84. The molecule has 0 N–H and O–H groups in total. The normalized spacial score (nSPS) is 12.2. The highest BCUT2D eigenvalue weighted by molar-refractivity contribution is 6.24. The van der Waals surface area contributed by atoms with Crippen LogP contribution in [0.3, 0.4) is 0 Å². The molecular weight excluding hydrogens is 587 g/mol. The minimum absolute atomic E-state index is 0.628. The van der Waals surface area contributed by atoms with E-state index in [0.717, 1.165) is 44.3 Å². The molecule has 11 aromatic rings. The number of benzene rings is 6. The van der Waals surface area contributed by atoms with E-state index in [1.165, 1.54) is 49.0 Å². The minimum atomic E-state index is 0.628. The number of para-hydroxylation sites is 4. The van der Waals surface area contributed by atoms with Gasteiger partial charge in [-0.15, -0.1) is 0 Å². The second-order valence-electron chi connectivity index (χ2n) is 12.5. The Kier molecular flexibility index (Phi) is 5.05. The molecule has 0 aliphatic carbocycles. The van der Waals surface area contributed by atoms with Gasteiger partial charge in [0.15, 0.2) is 0 Å². The smallest absolute Gasteiger partial charge is 0.235 e. The maximum absolute atomic E-state index is 5.23. The Morgan fingerprint density at radius 2 is 1.02 bits per heavy atom. The van der Waals surface area contributed by atoms with Crippen LogP contribution in [0.4, 0.5) is 0 Å². The van der Waals surface area contributed by atoms with Gasteiger partial charge in [-0.3, -0.25) is 9.55 Å². The van der Waals surface area contributed by atoms with Crippen molar-refractivity contribution in [2.75, 3.05) is 0 Å². The number of hydrogen-bond acceptors (Lipinski definition) is 3. The molecule has 0 spiro atoms. The lowest BCUT2D eigenvalue weighted by Gasteiger charge is -2.12. The van der Waals surface area contributed by atoms with Gasteiger partial charge in [0, 0.05) is 43.9 Å². The molecule has 5 heterocycles. The first-order chi connectivity index (χ1) is 23.8. The highest BCUT2D eigenvalue weighted by Gasteiger charge is 2.21. The maximum atomic E-state index is 5.23. The SMILES string of the molecule is c1ccc(-c2nc(-n3c4ccccc4c4ccc(-c5cc6c7ccccc7n7c8ccccc8c(c5)c67)cc43)nc3ccccc23)nc1. The van der Waals surface area contributed by atoms with E-state index in [4.69, 9.17) is 9.97 Å². The van der Waals surface area contributed by atoms with Gasteiger partial charge < -0.3 is 4.40 Å². The van der Waals surface area contributed by atoms with Crippen molar-refractivity contribution >= 4 is 70.8 Å². The lowest BCUT2D eigenvalue weighted by Crippen LogP contribution is -2.04. The molecule has 0 radical (unpaired) electrons. The van der Waals surface area contributed by atoms with E-state index in [1.54, 1.807) is 0 Å². The third-order valence-corrected chi connectivity index (χ3v) is 9.91. The number of pyridine rings is 1. The zero-order valence-corrected chi connectivity index (χ0v) is 25.7. The largest absolute Gasteiger partial charge is 0.308 e. The van der Waals surface area contributed by atoms with E-state index in [9.17, 15) is 0 Å². The lowest BCUT2D eigenvalue weighted by molar-refractivity contribution is 1.01. The molecule has 0 saturated heterocycles. The zero-order chi connectivity index (χ0) is 31.3. The molecule has 0 aliphatic heterocycles. The fourth-order valence-corrected chi connectivity index (χ4v) is 7.84. The summed E-state index contributed by atoms with van der Waals surface area (Å²) in [6.07, 6.45) is 1.82. The minimum Gasteiger partial charge on any atom is -0.308 e. The van der Waals surface area contributed by atoms with Crippen molar-refractivity contribution < 1.29 is 0 Å². The molecule has 11 rings (SSSR count). The first-order valence-corrected chi connectivity index (χ1v) is 16.2. The Balaban J connectivity index is 1.22. The van der Waals surface area contributed by atoms with Crippen molar-refractivity contribution in [2.24, 2.45) is 0 Å². The van der Waals surface area contributed by atoms with Gasteiger partial charge in [0.25, 0.3) is 0 Å². The van der Waals surface area contributed by atoms with Crippen LogP contribution >= 0.6 is 0 Å². The van der Waals surface area contributed by atoms with Crippen LogP contribution in [0, 0.1) is 0 Å². The molecule has 0 fully saturated rings. The quantitative estimate of drug-likeness (QED) is 0.200. The number of hydrogen-bond donors (Lipinski definition) is 0. The topological polar surface area (TPSA) is 48.0 Å². The molecule has 0 unspecified atom stereocenters. The second-order valence-corrected chi connectivity index (χ2v) is 12.5. The van der Waals surface area contributed by atoms with E-state index < -0.39 is 0 Å². The Labute approximate surface area is 274 Å².